The molecule has 0 atom stereocenters. The van der Waals surface area contributed by atoms with Gasteiger partial charge in [0.1, 0.15) is 0 Å². The molecule has 0 saturated carbocycles. The highest BCUT2D eigenvalue weighted by molar-refractivity contribution is 6.78. The van der Waals surface area contributed by atoms with Crippen LogP contribution in [0.4, 0.5) is 0 Å². The Morgan fingerprint density at radius 1 is 1.00 bits per heavy atom. The molecule has 0 radical (unpaired) electrons. The van der Waals surface area contributed by atoms with Crippen molar-refractivity contribution in [2.75, 3.05) is 19.6 Å². The van der Waals surface area contributed by atoms with Crippen LogP contribution in [0.5, 0.6) is 0 Å². The van der Waals surface area contributed by atoms with E-state index in [1.807, 2.05) is 0 Å². The van der Waals surface area contributed by atoms with Crippen LogP contribution in [0.15, 0.2) is 0 Å². The molecule has 0 aromatic rings. The molecule has 0 spiro atoms. The molecule has 0 bridgehead atoms. The summed E-state index contributed by atoms with van der Waals surface area (Å²) in [6, 6.07) is 0. The van der Waals surface area contributed by atoms with Gasteiger partial charge in [0.2, 0.25) is 0 Å². The van der Waals surface area contributed by atoms with Gasteiger partial charge in [0.15, 0.2) is 0 Å². The van der Waals surface area contributed by atoms with Crippen LogP contribution in [-0.2, 0) is 0 Å². The van der Waals surface area contributed by atoms with Crippen LogP contribution in [0.25, 0.3) is 0 Å². The van der Waals surface area contributed by atoms with Crippen molar-refractivity contribution in [3.05, 3.63) is 0 Å². The van der Waals surface area contributed by atoms with Crippen LogP contribution < -0.4 is 4.90 Å². The first kappa shape index (κ1) is 15.2. The molecule has 0 unspecified atom stereocenters. The third-order valence-electron chi connectivity index (χ3n) is 4.36. The number of hydrogen-bond donors (Lipinski definition) is 1. The molecule has 0 amide bonds. The van der Waals surface area contributed by atoms with Gasteiger partial charge in [-0.25, -0.2) is 0 Å². The highest BCUT2D eigenvalue weighted by atomic mass is 28.3. The Bertz CT molecular complexity index is 166. The number of hydrogen-bond acceptors (Lipinski definition) is 0. The molecule has 0 heterocycles. The van der Waals surface area contributed by atoms with Gasteiger partial charge < -0.3 is 4.90 Å². The molecule has 0 rings (SSSR count). The van der Waals surface area contributed by atoms with Crippen LogP contribution in [0.3, 0.4) is 0 Å². The molecule has 2 heteroatoms. The molecule has 0 aliphatic heterocycles. The molecule has 0 aromatic carbocycles. The van der Waals surface area contributed by atoms with Gasteiger partial charge in [-0.15, -0.1) is 0 Å². The van der Waals surface area contributed by atoms with E-state index in [1.165, 1.54) is 32.5 Å². The second-order valence-electron chi connectivity index (χ2n) is 6.44. The van der Waals surface area contributed by atoms with Gasteiger partial charge >= 0.3 is 0 Å². The zero-order valence-electron chi connectivity index (χ0n) is 12.0. The predicted molar refractivity (Wildman–Crippen MR) is 73.5 cm³/mol. The summed E-state index contributed by atoms with van der Waals surface area (Å²) in [5.41, 5.74) is 0. The van der Waals surface area contributed by atoms with Gasteiger partial charge in [0, 0.05) is 8.07 Å². The molecular formula is C13H32NSi+. The minimum Gasteiger partial charge on any atom is -0.335 e. The summed E-state index contributed by atoms with van der Waals surface area (Å²) < 4.78 is 0. The Balaban J connectivity index is 3.95. The molecule has 0 aromatic heterocycles. The smallest absolute Gasteiger partial charge is 0.0770 e. The fourth-order valence-electron chi connectivity index (χ4n) is 1.76. The normalized spacial score (nSPS) is 13.6. The van der Waals surface area contributed by atoms with E-state index in [-0.39, 0.29) is 0 Å². The highest BCUT2D eigenvalue weighted by Gasteiger charge is 2.33. The molecule has 0 aliphatic rings. The lowest BCUT2D eigenvalue weighted by Crippen LogP contribution is -3.11. The third-order valence-corrected chi connectivity index (χ3v) is 8.67. The zero-order valence-corrected chi connectivity index (χ0v) is 13.0. The van der Waals surface area contributed by atoms with E-state index >= 15 is 0 Å². The quantitative estimate of drug-likeness (QED) is 0.642. The van der Waals surface area contributed by atoms with Gasteiger partial charge in [-0.05, 0) is 31.7 Å². The van der Waals surface area contributed by atoms with Gasteiger partial charge in [-0.2, -0.15) is 0 Å². The van der Waals surface area contributed by atoms with Crippen molar-refractivity contribution in [1.82, 2.24) is 0 Å². The van der Waals surface area contributed by atoms with E-state index in [0.29, 0.717) is 5.04 Å². The number of nitrogens with one attached hydrogen (secondary N) is 1. The summed E-state index contributed by atoms with van der Waals surface area (Å²) in [5, 5.41) is 0.597. The maximum absolute atomic E-state index is 2.50. The van der Waals surface area contributed by atoms with Crippen LogP contribution in [0.2, 0.25) is 24.7 Å². The maximum atomic E-state index is 2.50. The summed E-state index contributed by atoms with van der Waals surface area (Å²) in [7, 11) is -0.986. The van der Waals surface area contributed by atoms with E-state index in [4.69, 9.17) is 0 Å². The van der Waals surface area contributed by atoms with Crippen molar-refractivity contribution in [3.63, 3.8) is 0 Å². The van der Waals surface area contributed by atoms with E-state index in [0.717, 1.165) is 0 Å². The lowest BCUT2D eigenvalue weighted by molar-refractivity contribution is -0.896. The Hall–Kier alpha value is 0.177. The van der Waals surface area contributed by atoms with E-state index < -0.39 is 8.07 Å². The second-order valence-corrected chi connectivity index (χ2v) is 12.3. The first-order valence-corrected chi connectivity index (χ1v) is 10.1. The van der Waals surface area contributed by atoms with Crippen molar-refractivity contribution in [2.24, 2.45) is 0 Å². The monoisotopic (exact) mass is 230 g/mol. The average Bonchev–Trinajstić information content (AvgIpc) is 2.10. The largest absolute Gasteiger partial charge is 0.335 e. The minimum atomic E-state index is -0.986. The molecular weight excluding hydrogens is 198 g/mol. The van der Waals surface area contributed by atoms with E-state index in [2.05, 4.69) is 47.3 Å². The molecule has 1 N–H and O–H groups in total. The molecule has 0 aliphatic carbocycles. The maximum Gasteiger partial charge on any atom is 0.0770 e. The molecule has 0 fully saturated rings. The van der Waals surface area contributed by atoms with Gasteiger partial charge in [0.05, 0.1) is 19.6 Å². The van der Waals surface area contributed by atoms with Gasteiger partial charge in [-0.1, -0.05) is 33.5 Å². The Morgan fingerprint density at radius 2 is 1.47 bits per heavy atom. The van der Waals surface area contributed by atoms with Gasteiger partial charge in [0.25, 0.3) is 0 Å². The number of rotatable bonds is 7. The Morgan fingerprint density at radius 3 is 1.80 bits per heavy atom. The lowest BCUT2D eigenvalue weighted by atomic mass is 10.1. The molecule has 92 valence electrons. The van der Waals surface area contributed by atoms with Crippen LogP contribution in [0, 0.1) is 0 Å². The van der Waals surface area contributed by atoms with Crippen LogP contribution >= 0.6 is 0 Å². The van der Waals surface area contributed by atoms with Crippen LogP contribution in [0.1, 0.15) is 40.5 Å². The zero-order chi connectivity index (χ0) is 12.1. The summed E-state index contributed by atoms with van der Waals surface area (Å²) in [5.74, 6) is 0. The van der Waals surface area contributed by atoms with Crippen molar-refractivity contribution >= 4 is 8.07 Å². The fourth-order valence-corrected chi connectivity index (χ4v) is 2.69. The highest BCUT2D eigenvalue weighted by Crippen LogP contribution is 2.40. The molecule has 15 heavy (non-hydrogen) atoms. The van der Waals surface area contributed by atoms with E-state index in [9.17, 15) is 0 Å². The second kappa shape index (κ2) is 6.05. The molecule has 0 saturated heterocycles. The van der Waals surface area contributed by atoms with Crippen molar-refractivity contribution < 1.29 is 4.90 Å². The summed E-state index contributed by atoms with van der Waals surface area (Å²) >= 11 is 0. The summed E-state index contributed by atoms with van der Waals surface area (Å²) in [6.45, 7) is 20.9. The third kappa shape index (κ3) is 5.16. The molecule has 1 nitrogen and oxygen atoms in total. The predicted octanol–water partition coefficient (Wildman–Crippen LogP) is 2.81. The first-order valence-electron chi connectivity index (χ1n) is 6.58. The van der Waals surface area contributed by atoms with Crippen molar-refractivity contribution in [2.45, 2.75) is 65.2 Å². The lowest BCUT2D eigenvalue weighted by Gasteiger charge is -2.37. The minimum absolute atomic E-state index is 0.597. The van der Waals surface area contributed by atoms with Gasteiger partial charge in [-0.3, -0.25) is 0 Å². The standard InChI is InChI=1S/C13H31NSi/c1-8-14(9-2)12-10-11-13(3,4)15(5,6)7/h8-12H2,1-7H3/p+1. The summed E-state index contributed by atoms with van der Waals surface area (Å²) in [6.07, 6.45) is 2.81. The fraction of sp³-hybridized carbons (Fsp3) is 1.00. The van der Waals surface area contributed by atoms with Crippen molar-refractivity contribution in [1.29, 1.82) is 0 Å². The first-order chi connectivity index (χ1) is 6.74. The SMILES string of the molecule is CC[NH+](CC)CCCC(C)(C)[Si](C)(C)C. The topological polar surface area (TPSA) is 4.44 Å². The Labute approximate surface area is 98.3 Å². The summed E-state index contributed by atoms with van der Waals surface area (Å²) in [4.78, 5) is 1.75. The van der Waals surface area contributed by atoms with Crippen LogP contribution in [-0.4, -0.2) is 27.7 Å². The average molecular weight is 230 g/mol. The Kier molecular flexibility index (Phi) is 6.12. The van der Waals surface area contributed by atoms with Crippen molar-refractivity contribution in [3.8, 4) is 0 Å². The van der Waals surface area contributed by atoms with E-state index in [1.54, 1.807) is 4.90 Å². The number of quaternary nitrogens is 1.